The molecule has 4 aromatic rings. The lowest BCUT2D eigenvalue weighted by Gasteiger charge is -2.35. The fourth-order valence-corrected chi connectivity index (χ4v) is 7.42. The first-order chi connectivity index (χ1) is 22.2. The summed E-state index contributed by atoms with van der Waals surface area (Å²) < 4.78 is 43.6. The Balaban J connectivity index is 1.54. The summed E-state index contributed by atoms with van der Waals surface area (Å²) in [4.78, 5) is 30.0. The highest BCUT2D eigenvalue weighted by Crippen LogP contribution is 2.26. The van der Waals surface area contributed by atoms with Crippen LogP contribution in [-0.2, 0) is 32.6 Å². The van der Waals surface area contributed by atoms with Crippen LogP contribution in [0.3, 0.4) is 0 Å². The van der Waals surface area contributed by atoms with Gasteiger partial charge in [-0.1, -0.05) is 95.9 Å². The first-order valence-corrected chi connectivity index (χ1v) is 17.7. The third-order valence-electron chi connectivity index (χ3n) is 8.21. The predicted octanol–water partition coefficient (Wildman–Crippen LogP) is 6.87. The van der Waals surface area contributed by atoms with Crippen molar-refractivity contribution in [2.24, 2.45) is 0 Å². The summed E-state index contributed by atoms with van der Waals surface area (Å²) in [5.74, 6) is -1.39. The van der Waals surface area contributed by atoms with Crippen molar-refractivity contribution < 1.29 is 22.4 Å². The number of nitrogens with one attached hydrogen (secondary N) is 1. The van der Waals surface area contributed by atoms with E-state index in [9.17, 15) is 22.4 Å². The maximum Gasteiger partial charge on any atom is 0.264 e. The highest BCUT2D eigenvalue weighted by Gasteiger charge is 2.35. The second-order valence-corrected chi connectivity index (χ2v) is 14.3. The molecule has 10 heteroatoms. The Kier molecular flexibility index (Phi) is 11.2. The minimum Gasteiger partial charge on any atom is -0.352 e. The number of carbonyl (C=O) groups is 2. The Morgan fingerprint density at radius 1 is 0.804 bits per heavy atom. The summed E-state index contributed by atoms with van der Waals surface area (Å²) in [6, 6.07) is 28.9. The molecule has 0 radical (unpaired) electrons. The Labute approximate surface area is 278 Å². The highest BCUT2D eigenvalue weighted by molar-refractivity contribution is 9.10. The van der Waals surface area contributed by atoms with Crippen LogP contribution in [0.25, 0.3) is 0 Å². The zero-order valence-electron chi connectivity index (χ0n) is 25.4. The average Bonchev–Trinajstić information content (AvgIpc) is 3.07. The van der Waals surface area contributed by atoms with Gasteiger partial charge in [-0.2, -0.15) is 0 Å². The SMILES string of the molecule is O=C(NC1CCCCC1)[C@@H](Cc1ccccc1)N(Cc1ccc(Br)cc1)C(=O)CN(c1ccccc1)S(=O)(=O)c1ccc(F)cc1. The monoisotopic (exact) mass is 705 g/mol. The molecule has 1 N–H and O–H groups in total. The molecule has 7 nitrogen and oxygen atoms in total. The zero-order valence-corrected chi connectivity index (χ0v) is 27.8. The molecule has 0 saturated heterocycles. The third-order valence-corrected chi connectivity index (χ3v) is 10.5. The molecule has 0 heterocycles. The molecule has 240 valence electrons. The van der Waals surface area contributed by atoms with E-state index in [1.807, 2.05) is 54.6 Å². The summed E-state index contributed by atoms with van der Waals surface area (Å²) in [6.45, 7) is -0.483. The fourth-order valence-electron chi connectivity index (χ4n) is 5.74. The Morgan fingerprint density at radius 3 is 2.04 bits per heavy atom. The van der Waals surface area contributed by atoms with Crippen LogP contribution >= 0.6 is 15.9 Å². The van der Waals surface area contributed by atoms with Crippen molar-refractivity contribution in [2.45, 2.75) is 62.0 Å². The van der Waals surface area contributed by atoms with Crippen molar-refractivity contribution >= 4 is 43.5 Å². The highest BCUT2D eigenvalue weighted by atomic mass is 79.9. The molecule has 1 fully saturated rings. The smallest absolute Gasteiger partial charge is 0.264 e. The minimum atomic E-state index is -4.29. The van der Waals surface area contributed by atoms with Gasteiger partial charge in [0.25, 0.3) is 10.0 Å². The first-order valence-electron chi connectivity index (χ1n) is 15.4. The van der Waals surface area contributed by atoms with E-state index < -0.39 is 34.3 Å². The van der Waals surface area contributed by atoms with Crippen LogP contribution in [-0.4, -0.2) is 43.8 Å². The van der Waals surface area contributed by atoms with Gasteiger partial charge in [0.2, 0.25) is 11.8 Å². The lowest BCUT2D eigenvalue weighted by atomic mass is 9.94. The van der Waals surface area contributed by atoms with Crippen molar-refractivity contribution in [3.63, 3.8) is 0 Å². The van der Waals surface area contributed by atoms with Gasteiger partial charge in [0.15, 0.2) is 0 Å². The maximum absolute atomic E-state index is 14.5. The second-order valence-electron chi connectivity index (χ2n) is 11.5. The lowest BCUT2D eigenvalue weighted by molar-refractivity contribution is -0.140. The van der Waals surface area contributed by atoms with Crippen molar-refractivity contribution in [1.29, 1.82) is 0 Å². The van der Waals surface area contributed by atoms with E-state index in [1.165, 1.54) is 17.0 Å². The molecule has 1 atom stereocenters. The van der Waals surface area contributed by atoms with Gasteiger partial charge < -0.3 is 10.2 Å². The molecule has 0 aromatic heterocycles. The molecule has 1 saturated carbocycles. The quantitative estimate of drug-likeness (QED) is 0.174. The summed E-state index contributed by atoms with van der Waals surface area (Å²) in [7, 11) is -4.29. The fraction of sp³-hybridized carbons (Fsp3) is 0.278. The number of hydrogen-bond donors (Lipinski definition) is 1. The number of halogens is 2. The third kappa shape index (κ3) is 8.61. The van der Waals surface area contributed by atoms with Gasteiger partial charge in [-0.25, -0.2) is 12.8 Å². The van der Waals surface area contributed by atoms with Gasteiger partial charge in [-0.05, 0) is 72.5 Å². The van der Waals surface area contributed by atoms with Crippen LogP contribution in [0.1, 0.15) is 43.2 Å². The van der Waals surface area contributed by atoms with Crippen LogP contribution in [0.2, 0.25) is 0 Å². The number of benzene rings is 4. The number of carbonyl (C=O) groups excluding carboxylic acids is 2. The normalized spacial score (nSPS) is 14.3. The van der Waals surface area contributed by atoms with Crippen LogP contribution < -0.4 is 9.62 Å². The minimum absolute atomic E-state index is 0.0174. The first kappa shape index (κ1) is 33.3. The number of sulfonamides is 1. The van der Waals surface area contributed by atoms with E-state index in [1.54, 1.807) is 30.3 Å². The van der Waals surface area contributed by atoms with Gasteiger partial charge in [-0.3, -0.25) is 13.9 Å². The molecule has 4 aromatic carbocycles. The Morgan fingerprint density at radius 2 is 1.41 bits per heavy atom. The molecule has 1 aliphatic rings. The summed E-state index contributed by atoms with van der Waals surface area (Å²) in [5.41, 5.74) is 1.93. The van der Waals surface area contributed by atoms with Gasteiger partial charge in [0.05, 0.1) is 10.6 Å². The molecule has 0 unspecified atom stereocenters. The number of hydrogen-bond acceptors (Lipinski definition) is 4. The number of nitrogens with zero attached hydrogens (tertiary/aromatic N) is 2. The van der Waals surface area contributed by atoms with Crippen LogP contribution in [0.5, 0.6) is 0 Å². The van der Waals surface area contributed by atoms with Crippen LogP contribution in [0, 0.1) is 5.82 Å². The van der Waals surface area contributed by atoms with Gasteiger partial charge in [0, 0.05) is 23.5 Å². The second kappa shape index (κ2) is 15.5. The van der Waals surface area contributed by atoms with E-state index in [-0.39, 0.29) is 35.5 Å². The van der Waals surface area contributed by atoms with Crippen LogP contribution in [0.15, 0.2) is 119 Å². The number of rotatable bonds is 12. The summed E-state index contributed by atoms with van der Waals surface area (Å²) >= 11 is 3.46. The van der Waals surface area contributed by atoms with Gasteiger partial charge in [0.1, 0.15) is 18.4 Å². The Hall–Kier alpha value is -4.02. The largest absolute Gasteiger partial charge is 0.352 e. The van der Waals surface area contributed by atoms with E-state index in [0.717, 1.165) is 64.1 Å². The summed E-state index contributed by atoms with van der Waals surface area (Å²) in [5, 5.41) is 3.21. The van der Waals surface area contributed by atoms with E-state index in [0.29, 0.717) is 0 Å². The van der Waals surface area contributed by atoms with E-state index in [4.69, 9.17) is 0 Å². The molecular weight excluding hydrogens is 669 g/mol. The lowest BCUT2D eigenvalue weighted by Crippen LogP contribution is -2.55. The molecule has 1 aliphatic carbocycles. The molecule has 0 bridgehead atoms. The molecule has 2 amide bonds. The van der Waals surface area contributed by atoms with E-state index in [2.05, 4.69) is 21.2 Å². The predicted molar refractivity (Wildman–Crippen MR) is 181 cm³/mol. The molecular formula is C36H37BrFN3O4S. The van der Waals surface area contributed by atoms with Crippen LogP contribution in [0.4, 0.5) is 10.1 Å². The molecule has 5 rings (SSSR count). The van der Waals surface area contributed by atoms with Crippen molar-refractivity contribution in [2.75, 3.05) is 10.8 Å². The molecule has 46 heavy (non-hydrogen) atoms. The maximum atomic E-state index is 14.5. The standard InChI is InChI=1S/C36H37BrFN3O4S/c37-29-18-16-28(17-19-29)25-40(34(24-27-10-4-1-5-11-27)36(43)39-31-12-6-2-7-13-31)35(42)26-41(32-14-8-3-9-15-32)46(44,45)33-22-20-30(38)21-23-33/h1,3-5,8-11,14-23,31,34H,2,6-7,12-13,24-26H2,(H,39,43)/t34-/m1/s1. The number of anilines is 1. The topological polar surface area (TPSA) is 86.8 Å². The van der Waals surface area contributed by atoms with Gasteiger partial charge >= 0.3 is 0 Å². The van der Waals surface area contributed by atoms with Crippen molar-refractivity contribution in [3.05, 3.63) is 131 Å². The molecule has 0 spiro atoms. The van der Waals surface area contributed by atoms with Gasteiger partial charge in [-0.15, -0.1) is 0 Å². The average molecular weight is 707 g/mol. The number of para-hydroxylation sites is 1. The van der Waals surface area contributed by atoms with E-state index >= 15 is 0 Å². The zero-order chi connectivity index (χ0) is 32.5. The molecule has 0 aliphatic heterocycles. The summed E-state index contributed by atoms with van der Waals surface area (Å²) in [6.07, 6.45) is 5.19. The Bertz CT molecular complexity index is 1700. The van der Waals surface area contributed by atoms with Crippen molar-refractivity contribution in [3.8, 4) is 0 Å². The van der Waals surface area contributed by atoms with Crippen molar-refractivity contribution in [1.82, 2.24) is 10.2 Å². The number of amides is 2.